The Morgan fingerprint density at radius 2 is 1.35 bits per heavy atom. The second-order valence-corrected chi connectivity index (χ2v) is 5.82. The van der Waals surface area contributed by atoms with E-state index in [2.05, 4.69) is 27.7 Å². The lowest BCUT2D eigenvalue weighted by atomic mass is 9.92. The second kappa shape index (κ2) is 9.46. The van der Waals surface area contributed by atoms with E-state index in [1.807, 2.05) is 0 Å². The molecular formula is C14H29NO2. The van der Waals surface area contributed by atoms with Gasteiger partial charge in [0, 0.05) is 5.92 Å². The van der Waals surface area contributed by atoms with Gasteiger partial charge in [-0.25, -0.2) is 5.48 Å². The number of amides is 1. The highest BCUT2D eigenvalue weighted by Crippen LogP contribution is 2.19. The minimum atomic E-state index is -0.211. The summed E-state index contributed by atoms with van der Waals surface area (Å²) in [5, 5.41) is 8.72. The zero-order valence-electron chi connectivity index (χ0n) is 11.8. The fourth-order valence-electron chi connectivity index (χ4n) is 2.04. The van der Waals surface area contributed by atoms with Crippen LogP contribution in [-0.4, -0.2) is 11.1 Å². The molecule has 0 rings (SSSR count). The number of rotatable bonds is 9. The van der Waals surface area contributed by atoms with E-state index in [1.165, 1.54) is 0 Å². The largest absolute Gasteiger partial charge is 0.289 e. The predicted octanol–water partition coefficient (Wildman–Crippen LogP) is 3.76. The van der Waals surface area contributed by atoms with Gasteiger partial charge in [-0.3, -0.25) is 10.0 Å². The molecule has 0 atom stereocenters. The zero-order valence-corrected chi connectivity index (χ0v) is 11.8. The van der Waals surface area contributed by atoms with Crippen LogP contribution in [0.15, 0.2) is 0 Å². The maximum atomic E-state index is 11.5. The van der Waals surface area contributed by atoms with Crippen LogP contribution in [0.25, 0.3) is 0 Å². The normalized spacial score (nSPS) is 11.5. The molecule has 0 spiro atoms. The van der Waals surface area contributed by atoms with Crippen molar-refractivity contribution < 1.29 is 10.0 Å². The maximum Gasteiger partial charge on any atom is 0.246 e. The Labute approximate surface area is 106 Å². The third-order valence-corrected chi connectivity index (χ3v) is 3.15. The summed E-state index contributed by atoms with van der Waals surface area (Å²) in [6, 6.07) is 0. The summed E-state index contributed by atoms with van der Waals surface area (Å²) >= 11 is 0. The van der Waals surface area contributed by atoms with E-state index >= 15 is 0 Å². The van der Waals surface area contributed by atoms with Crippen LogP contribution < -0.4 is 5.48 Å². The minimum absolute atomic E-state index is 0.0162. The number of carbonyl (C=O) groups excluding carboxylic acids is 1. The van der Waals surface area contributed by atoms with Crippen LogP contribution in [0.2, 0.25) is 0 Å². The summed E-state index contributed by atoms with van der Waals surface area (Å²) < 4.78 is 0. The second-order valence-electron chi connectivity index (χ2n) is 5.82. The van der Waals surface area contributed by atoms with Crippen LogP contribution in [0.1, 0.15) is 66.2 Å². The molecule has 0 aromatic carbocycles. The van der Waals surface area contributed by atoms with Crippen LogP contribution >= 0.6 is 0 Å². The van der Waals surface area contributed by atoms with Crippen LogP contribution in [0.3, 0.4) is 0 Å². The van der Waals surface area contributed by atoms with E-state index in [0.29, 0.717) is 11.8 Å². The maximum absolute atomic E-state index is 11.5. The standard InChI is InChI=1S/C14H29NO2/c1-11(2)7-5-9-13(14(16)15-17)10-6-8-12(3)4/h11-13,17H,5-10H2,1-4H3,(H,15,16). The van der Waals surface area contributed by atoms with Gasteiger partial charge in [0.2, 0.25) is 5.91 Å². The van der Waals surface area contributed by atoms with Crippen LogP contribution in [0, 0.1) is 17.8 Å². The van der Waals surface area contributed by atoms with Gasteiger partial charge in [-0.05, 0) is 24.7 Å². The SMILES string of the molecule is CC(C)CCCC(CCCC(C)C)C(=O)NO. The van der Waals surface area contributed by atoms with Crippen molar-refractivity contribution in [2.75, 3.05) is 0 Å². The van der Waals surface area contributed by atoms with Gasteiger partial charge in [0.1, 0.15) is 0 Å². The predicted molar refractivity (Wildman–Crippen MR) is 70.8 cm³/mol. The Balaban J connectivity index is 3.93. The number of hydrogen-bond acceptors (Lipinski definition) is 2. The quantitative estimate of drug-likeness (QED) is 0.478. The molecule has 17 heavy (non-hydrogen) atoms. The molecule has 0 unspecified atom stereocenters. The first-order valence-corrected chi connectivity index (χ1v) is 6.91. The van der Waals surface area contributed by atoms with Gasteiger partial charge in [0.25, 0.3) is 0 Å². The van der Waals surface area contributed by atoms with Crippen molar-refractivity contribution in [2.45, 2.75) is 66.2 Å². The Bertz CT molecular complexity index is 188. The molecule has 0 radical (unpaired) electrons. The van der Waals surface area contributed by atoms with Gasteiger partial charge in [-0.2, -0.15) is 0 Å². The molecule has 0 fully saturated rings. The van der Waals surface area contributed by atoms with Crippen LogP contribution in [0.4, 0.5) is 0 Å². The molecule has 0 bridgehead atoms. The van der Waals surface area contributed by atoms with Crippen molar-refractivity contribution in [3.63, 3.8) is 0 Å². The summed E-state index contributed by atoms with van der Waals surface area (Å²) in [5.74, 6) is 1.14. The third-order valence-electron chi connectivity index (χ3n) is 3.15. The molecule has 1 amide bonds. The topological polar surface area (TPSA) is 49.3 Å². The number of carbonyl (C=O) groups is 1. The van der Waals surface area contributed by atoms with Crippen molar-refractivity contribution in [2.24, 2.45) is 17.8 Å². The Kier molecular flexibility index (Phi) is 9.14. The van der Waals surface area contributed by atoms with E-state index in [4.69, 9.17) is 5.21 Å². The van der Waals surface area contributed by atoms with Crippen LogP contribution in [-0.2, 0) is 4.79 Å². The lowest BCUT2D eigenvalue weighted by Crippen LogP contribution is -2.28. The van der Waals surface area contributed by atoms with Gasteiger partial charge >= 0.3 is 0 Å². The highest BCUT2D eigenvalue weighted by atomic mass is 16.5. The summed E-state index contributed by atoms with van der Waals surface area (Å²) in [4.78, 5) is 11.5. The Hall–Kier alpha value is -0.570. The van der Waals surface area contributed by atoms with Crippen molar-refractivity contribution >= 4 is 5.91 Å². The molecule has 3 nitrogen and oxygen atoms in total. The average Bonchev–Trinajstić information content (AvgIpc) is 2.25. The van der Waals surface area contributed by atoms with E-state index in [1.54, 1.807) is 5.48 Å². The van der Waals surface area contributed by atoms with E-state index in [-0.39, 0.29) is 11.8 Å². The van der Waals surface area contributed by atoms with E-state index < -0.39 is 0 Å². The first-order valence-electron chi connectivity index (χ1n) is 6.91. The highest BCUT2D eigenvalue weighted by molar-refractivity contribution is 5.77. The van der Waals surface area contributed by atoms with Gasteiger partial charge in [0.15, 0.2) is 0 Å². The minimum Gasteiger partial charge on any atom is -0.289 e. The molecular weight excluding hydrogens is 214 g/mol. The highest BCUT2D eigenvalue weighted by Gasteiger charge is 2.17. The van der Waals surface area contributed by atoms with Gasteiger partial charge < -0.3 is 0 Å². The molecule has 0 aliphatic carbocycles. The molecule has 0 heterocycles. The van der Waals surface area contributed by atoms with Gasteiger partial charge in [0.05, 0.1) is 0 Å². The number of hydrogen-bond donors (Lipinski definition) is 2. The number of nitrogens with one attached hydrogen (secondary N) is 1. The van der Waals surface area contributed by atoms with Crippen molar-refractivity contribution in [1.82, 2.24) is 5.48 Å². The lowest BCUT2D eigenvalue weighted by Gasteiger charge is -2.15. The Morgan fingerprint density at radius 1 is 0.941 bits per heavy atom. The first-order chi connectivity index (χ1) is 7.97. The zero-order chi connectivity index (χ0) is 13.3. The fraction of sp³-hybridized carbons (Fsp3) is 0.929. The lowest BCUT2D eigenvalue weighted by molar-refractivity contribution is -0.134. The smallest absolute Gasteiger partial charge is 0.246 e. The molecule has 3 heteroatoms. The first kappa shape index (κ1) is 16.4. The molecule has 0 aromatic heterocycles. The van der Waals surface area contributed by atoms with Gasteiger partial charge in [-0.1, -0.05) is 53.4 Å². The monoisotopic (exact) mass is 243 g/mol. The third kappa shape index (κ3) is 9.16. The van der Waals surface area contributed by atoms with E-state index in [0.717, 1.165) is 38.5 Å². The molecule has 0 aliphatic rings. The van der Waals surface area contributed by atoms with Crippen molar-refractivity contribution in [1.29, 1.82) is 0 Å². The van der Waals surface area contributed by atoms with Crippen molar-refractivity contribution in [3.05, 3.63) is 0 Å². The van der Waals surface area contributed by atoms with E-state index in [9.17, 15) is 4.79 Å². The Morgan fingerprint density at radius 3 is 1.65 bits per heavy atom. The summed E-state index contributed by atoms with van der Waals surface area (Å²) in [5.41, 5.74) is 1.80. The molecule has 102 valence electrons. The summed E-state index contributed by atoms with van der Waals surface area (Å²) in [6.45, 7) is 8.78. The fourth-order valence-corrected chi connectivity index (χ4v) is 2.04. The molecule has 0 aromatic rings. The van der Waals surface area contributed by atoms with Crippen LogP contribution in [0.5, 0.6) is 0 Å². The van der Waals surface area contributed by atoms with Crippen molar-refractivity contribution in [3.8, 4) is 0 Å². The molecule has 0 aliphatic heterocycles. The summed E-state index contributed by atoms with van der Waals surface area (Å²) in [7, 11) is 0. The molecule has 0 saturated heterocycles. The molecule has 0 saturated carbocycles. The molecule has 2 N–H and O–H groups in total. The van der Waals surface area contributed by atoms with Gasteiger partial charge in [-0.15, -0.1) is 0 Å². The average molecular weight is 243 g/mol. The number of hydroxylamine groups is 1. The summed E-state index contributed by atoms with van der Waals surface area (Å²) in [6.07, 6.45) is 6.22.